The number of aromatic nitrogens is 4. The van der Waals surface area contributed by atoms with Gasteiger partial charge in [-0.3, -0.25) is 9.48 Å². The van der Waals surface area contributed by atoms with Crippen LogP contribution in [0.25, 0.3) is 11.0 Å². The van der Waals surface area contributed by atoms with Gasteiger partial charge in [-0.1, -0.05) is 25.0 Å². The topological polar surface area (TPSA) is 106 Å². The maximum Gasteiger partial charge on any atom is 0.307 e. The first-order valence-electron chi connectivity index (χ1n) is 11.8. The standard InChI is InChI=1S/C27H27N5O3/c1-31-12-11-20(30-31)17-35-21-9-10-24-25(14-21)32(16-19-6-4-5-18(13-19)15-28)26(29-24)22-7-2-3-8-23(22)27(33)34/h4-6,9-14,22-23H,2-3,7-8,16-17H2,1H3,(H,33,34)/t22-,23+/m1/s1. The summed E-state index contributed by atoms with van der Waals surface area (Å²) in [6, 6.07) is 17.4. The monoisotopic (exact) mass is 469 g/mol. The molecule has 0 spiro atoms. The van der Waals surface area contributed by atoms with Crippen LogP contribution >= 0.6 is 0 Å². The van der Waals surface area contributed by atoms with Crippen molar-refractivity contribution in [3.63, 3.8) is 0 Å². The van der Waals surface area contributed by atoms with E-state index in [0.717, 1.165) is 47.4 Å². The molecule has 1 saturated carbocycles. The Bertz CT molecular complexity index is 1410. The molecule has 1 N–H and O–H groups in total. The van der Waals surface area contributed by atoms with Crippen molar-refractivity contribution in [3.05, 3.63) is 77.4 Å². The minimum atomic E-state index is -0.765. The Hall–Kier alpha value is -4.12. The second-order valence-electron chi connectivity index (χ2n) is 9.12. The molecule has 0 unspecified atom stereocenters. The molecule has 1 aliphatic carbocycles. The second kappa shape index (κ2) is 9.63. The van der Waals surface area contributed by atoms with Crippen molar-refractivity contribution in [1.82, 2.24) is 19.3 Å². The number of fused-ring (bicyclic) bond motifs is 1. The summed E-state index contributed by atoms with van der Waals surface area (Å²) in [4.78, 5) is 17.0. The first-order valence-corrected chi connectivity index (χ1v) is 11.8. The highest BCUT2D eigenvalue weighted by Gasteiger charge is 2.35. The average molecular weight is 470 g/mol. The number of aryl methyl sites for hydroxylation is 1. The van der Waals surface area contributed by atoms with Crippen molar-refractivity contribution in [2.75, 3.05) is 0 Å². The summed E-state index contributed by atoms with van der Waals surface area (Å²) in [5.74, 6) is 0.103. The van der Waals surface area contributed by atoms with E-state index in [4.69, 9.17) is 9.72 Å². The predicted octanol–water partition coefficient (Wildman–Crippen LogP) is 4.63. The molecule has 5 rings (SSSR count). The van der Waals surface area contributed by atoms with Gasteiger partial charge in [0, 0.05) is 31.8 Å². The predicted molar refractivity (Wildman–Crippen MR) is 130 cm³/mol. The van der Waals surface area contributed by atoms with E-state index in [1.165, 1.54) is 0 Å². The summed E-state index contributed by atoms with van der Waals surface area (Å²) in [6.45, 7) is 0.842. The number of carboxylic acids is 1. The minimum absolute atomic E-state index is 0.161. The molecule has 2 heterocycles. The molecule has 0 saturated heterocycles. The smallest absolute Gasteiger partial charge is 0.307 e. The van der Waals surface area contributed by atoms with Gasteiger partial charge in [0.05, 0.1) is 34.3 Å². The molecule has 8 heteroatoms. The normalized spacial score (nSPS) is 17.8. The average Bonchev–Trinajstić information content (AvgIpc) is 3.45. The van der Waals surface area contributed by atoms with Gasteiger partial charge in [-0.2, -0.15) is 10.4 Å². The van der Waals surface area contributed by atoms with Crippen molar-refractivity contribution in [3.8, 4) is 11.8 Å². The molecule has 0 aliphatic heterocycles. The number of nitrogens with zero attached hydrogens (tertiary/aromatic N) is 5. The van der Waals surface area contributed by atoms with Crippen molar-refractivity contribution >= 4 is 17.0 Å². The molecule has 178 valence electrons. The molecule has 2 aromatic heterocycles. The summed E-state index contributed by atoms with van der Waals surface area (Å²) >= 11 is 0. The number of ether oxygens (including phenoxy) is 1. The molecule has 2 atom stereocenters. The van der Waals surface area contributed by atoms with Crippen LogP contribution in [0.2, 0.25) is 0 Å². The van der Waals surface area contributed by atoms with Crippen molar-refractivity contribution in [1.29, 1.82) is 5.26 Å². The zero-order valence-corrected chi connectivity index (χ0v) is 19.6. The number of rotatable bonds is 7. The second-order valence-corrected chi connectivity index (χ2v) is 9.12. The Morgan fingerprint density at radius 2 is 2.06 bits per heavy atom. The van der Waals surface area contributed by atoms with E-state index in [1.807, 2.05) is 55.7 Å². The fourth-order valence-electron chi connectivity index (χ4n) is 5.01. The number of hydrogen-bond acceptors (Lipinski definition) is 5. The van der Waals surface area contributed by atoms with E-state index in [9.17, 15) is 15.2 Å². The molecule has 0 bridgehead atoms. The van der Waals surface area contributed by atoms with Crippen LogP contribution in [0.4, 0.5) is 0 Å². The molecular weight excluding hydrogens is 442 g/mol. The van der Waals surface area contributed by atoms with Crippen LogP contribution in [0.3, 0.4) is 0 Å². The van der Waals surface area contributed by atoms with Crippen LogP contribution in [0, 0.1) is 17.2 Å². The van der Waals surface area contributed by atoms with Gasteiger partial charge in [0.25, 0.3) is 0 Å². The summed E-state index contributed by atoms with van der Waals surface area (Å²) in [5.41, 5.74) is 4.08. The van der Waals surface area contributed by atoms with Crippen molar-refractivity contribution in [2.45, 2.75) is 44.8 Å². The highest BCUT2D eigenvalue weighted by Crippen LogP contribution is 2.39. The lowest BCUT2D eigenvalue weighted by Gasteiger charge is -2.28. The van der Waals surface area contributed by atoms with Crippen LogP contribution < -0.4 is 4.74 Å². The lowest BCUT2D eigenvalue weighted by Crippen LogP contribution is -2.27. The van der Waals surface area contributed by atoms with Crippen LogP contribution in [0.15, 0.2) is 54.7 Å². The van der Waals surface area contributed by atoms with E-state index in [2.05, 4.69) is 15.7 Å². The number of benzene rings is 2. The summed E-state index contributed by atoms with van der Waals surface area (Å²) in [6.07, 6.45) is 5.23. The molecule has 0 radical (unpaired) electrons. The quantitative estimate of drug-likeness (QED) is 0.423. The third-order valence-corrected chi connectivity index (χ3v) is 6.72. The zero-order chi connectivity index (χ0) is 24.4. The van der Waals surface area contributed by atoms with Crippen molar-refractivity contribution < 1.29 is 14.6 Å². The summed E-state index contributed by atoms with van der Waals surface area (Å²) < 4.78 is 9.86. The SMILES string of the molecule is Cn1ccc(COc2ccc3nc([C@@H]4CCCC[C@@H]4C(=O)O)n(Cc4cccc(C#N)c4)c3c2)n1. The summed E-state index contributed by atoms with van der Waals surface area (Å²) in [5, 5.41) is 23.6. The lowest BCUT2D eigenvalue weighted by molar-refractivity contribution is -0.143. The molecule has 35 heavy (non-hydrogen) atoms. The Morgan fingerprint density at radius 1 is 1.20 bits per heavy atom. The van der Waals surface area contributed by atoms with Crippen LogP contribution in [-0.4, -0.2) is 30.4 Å². The fraction of sp³-hybridized carbons (Fsp3) is 0.333. The first-order chi connectivity index (χ1) is 17.0. The van der Waals surface area contributed by atoms with Gasteiger partial charge >= 0.3 is 5.97 Å². The van der Waals surface area contributed by atoms with E-state index in [0.29, 0.717) is 30.9 Å². The maximum absolute atomic E-state index is 12.1. The van der Waals surface area contributed by atoms with Crippen LogP contribution in [0.1, 0.15) is 54.2 Å². The van der Waals surface area contributed by atoms with Gasteiger partial charge in [0.1, 0.15) is 18.2 Å². The lowest BCUT2D eigenvalue weighted by atomic mass is 9.78. The number of carboxylic acid groups (broad SMARTS) is 1. The zero-order valence-electron chi connectivity index (χ0n) is 19.6. The van der Waals surface area contributed by atoms with Gasteiger partial charge in [-0.05, 0) is 48.7 Å². The van der Waals surface area contributed by atoms with Gasteiger partial charge in [0.15, 0.2) is 0 Å². The Balaban J connectivity index is 1.55. The van der Waals surface area contributed by atoms with Crippen molar-refractivity contribution in [2.24, 2.45) is 13.0 Å². The number of aliphatic carboxylic acids is 1. The number of nitriles is 1. The first kappa shape index (κ1) is 22.7. The molecule has 1 aliphatic rings. The number of hydrogen-bond donors (Lipinski definition) is 1. The van der Waals surface area contributed by atoms with E-state index < -0.39 is 11.9 Å². The van der Waals surface area contributed by atoms with E-state index in [1.54, 1.807) is 10.7 Å². The molecule has 4 aromatic rings. The largest absolute Gasteiger partial charge is 0.487 e. The van der Waals surface area contributed by atoms with E-state index in [-0.39, 0.29) is 5.92 Å². The maximum atomic E-state index is 12.1. The molecule has 1 fully saturated rings. The van der Waals surface area contributed by atoms with Gasteiger partial charge < -0.3 is 14.4 Å². The number of imidazole rings is 1. The van der Waals surface area contributed by atoms with Gasteiger partial charge in [-0.15, -0.1) is 0 Å². The van der Waals surface area contributed by atoms with Crippen LogP contribution in [0.5, 0.6) is 5.75 Å². The fourth-order valence-corrected chi connectivity index (χ4v) is 5.01. The van der Waals surface area contributed by atoms with Gasteiger partial charge in [-0.25, -0.2) is 4.98 Å². The number of carbonyl (C=O) groups is 1. The molecule has 8 nitrogen and oxygen atoms in total. The highest BCUT2D eigenvalue weighted by molar-refractivity contribution is 5.79. The van der Waals surface area contributed by atoms with E-state index >= 15 is 0 Å². The highest BCUT2D eigenvalue weighted by atomic mass is 16.5. The Kier molecular flexibility index (Phi) is 6.23. The third kappa shape index (κ3) is 4.76. The Morgan fingerprint density at radius 3 is 2.83 bits per heavy atom. The molecule has 2 aromatic carbocycles. The molecular formula is C27H27N5O3. The van der Waals surface area contributed by atoms with Crippen LogP contribution in [-0.2, 0) is 25.0 Å². The Labute approximate surface area is 203 Å². The third-order valence-electron chi connectivity index (χ3n) is 6.72. The minimum Gasteiger partial charge on any atom is -0.487 e. The molecule has 0 amide bonds. The van der Waals surface area contributed by atoms with Gasteiger partial charge in [0.2, 0.25) is 0 Å². The summed E-state index contributed by atoms with van der Waals surface area (Å²) in [7, 11) is 1.87.